The van der Waals surface area contributed by atoms with Crippen LogP contribution in [0.15, 0.2) is 30.3 Å². The van der Waals surface area contributed by atoms with Gasteiger partial charge in [-0.15, -0.1) is 0 Å². The van der Waals surface area contributed by atoms with Crippen molar-refractivity contribution in [1.29, 1.82) is 0 Å². The molecular formula is C11H10N2O3. The normalized spacial score (nSPS) is 10.2. The van der Waals surface area contributed by atoms with Crippen LogP contribution in [0.5, 0.6) is 5.75 Å². The number of phenolic OH excluding ortho intramolecular Hbond substituents is 1. The smallest absolute Gasteiger partial charge is 0.309 e. The van der Waals surface area contributed by atoms with E-state index in [-0.39, 0.29) is 12.2 Å². The minimum atomic E-state index is -0.911. The molecule has 0 amide bonds. The van der Waals surface area contributed by atoms with Crippen LogP contribution in [-0.2, 0) is 11.2 Å². The first-order valence-corrected chi connectivity index (χ1v) is 4.70. The predicted molar refractivity (Wildman–Crippen MR) is 57.0 cm³/mol. The van der Waals surface area contributed by atoms with Crippen LogP contribution in [-0.4, -0.2) is 26.4 Å². The van der Waals surface area contributed by atoms with Gasteiger partial charge in [-0.1, -0.05) is 12.1 Å². The van der Waals surface area contributed by atoms with E-state index < -0.39 is 5.97 Å². The lowest BCUT2D eigenvalue weighted by molar-refractivity contribution is -0.136. The minimum Gasteiger partial charge on any atom is -0.508 e. The maximum Gasteiger partial charge on any atom is 0.309 e. The number of carboxylic acid groups (broad SMARTS) is 1. The number of carboxylic acids is 1. The van der Waals surface area contributed by atoms with Gasteiger partial charge >= 0.3 is 5.97 Å². The zero-order valence-corrected chi connectivity index (χ0v) is 8.34. The van der Waals surface area contributed by atoms with Gasteiger partial charge in [0.05, 0.1) is 12.1 Å². The molecule has 0 saturated heterocycles. The zero-order chi connectivity index (χ0) is 11.5. The molecule has 0 spiro atoms. The maximum absolute atomic E-state index is 10.5. The van der Waals surface area contributed by atoms with Crippen LogP contribution in [0.4, 0.5) is 0 Å². The van der Waals surface area contributed by atoms with Crippen LogP contribution in [0.2, 0.25) is 0 Å². The fourth-order valence-corrected chi connectivity index (χ4v) is 1.43. The molecule has 0 radical (unpaired) electrons. The highest BCUT2D eigenvalue weighted by Crippen LogP contribution is 2.21. The third-order valence-corrected chi connectivity index (χ3v) is 2.11. The summed E-state index contributed by atoms with van der Waals surface area (Å²) in [5, 5.41) is 24.5. The SMILES string of the molecule is O=C(O)Cc1cc(-c2cccc(O)c2)n[nH]1. The number of aromatic nitrogens is 2. The van der Waals surface area contributed by atoms with Crippen molar-refractivity contribution in [3.8, 4) is 17.0 Å². The van der Waals surface area contributed by atoms with Crippen molar-refractivity contribution in [2.24, 2.45) is 0 Å². The quantitative estimate of drug-likeness (QED) is 0.727. The Labute approximate surface area is 91.4 Å². The number of H-pyrrole nitrogens is 1. The van der Waals surface area contributed by atoms with Gasteiger partial charge in [0, 0.05) is 11.3 Å². The van der Waals surface area contributed by atoms with E-state index in [2.05, 4.69) is 10.2 Å². The summed E-state index contributed by atoms with van der Waals surface area (Å²) in [6, 6.07) is 8.29. The second kappa shape index (κ2) is 4.06. The van der Waals surface area contributed by atoms with Gasteiger partial charge in [0.1, 0.15) is 5.75 Å². The lowest BCUT2D eigenvalue weighted by Gasteiger charge is -1.96. The molecule has 16 heavy (non-hydrogen) atoms. The summed E-state index contributed by atoms with van der Waals surface area (Å²) in [5.74, 6) is -0.758. The zero-order valence-electron chi connectivity index (χ0n) is 8.34. The van der Waals surface area contributed by atoms with Crippen molar-refractivity contribution in [2.75, 3.05) is 0 Å². The first-order valence-electron chi connectivity index (χ1n) is 4.70. The van der Waals surface area contributed by atoms with Crippen LogP contribution >= 0.6 is 0 Å². The highest BCUT2D eigenvalue weighted by molar-refractivity contribution is 5.70. The monoisotopic (exact) mass is 218 g/mol. The van der Waals surface area contributed by atoms with Crippen LogP contribution in [0, 0.1) is 0 Å². The molecular weight excluding hydrogens is 208 g/mol. The van der Waals surface area contributed by atoms with Gasteiger partial charge in [0.2, 0.25) is 0 Å². The molecule has 0 atom stereocenters. The van der Waals surface area contributed by atoms with Gasteiger partial charge < -0.3 is 10.2 Å². The van der Waals surface area contributed by atoms with Gasteiger partial charge in [0.15, 0.2) is 0 Å². The topological polar surface area (TPSA) is 86.2 Å². The molecule has 3 N–H and O–H groups in total. The van der Waals surface area contributed by atoms with E-state index >= 15 is 0 Å². The number of rotatable bonds is 3. The van der Waals surface area contributed by atoms with E-state index in [0.717, 1.165) is 5.56 Å². The Bertz CT molecular complexity index is 519. The summed E-state index contributed by atoms with van der Waals surface area (Å²) < 4.78 is 0. The predicted octanol–water partition coefficient (Wildman–Crippen LogP) is 1.41. The van der Waals surface area contributed by atoms with E-state index in [9.17, 15) is 9.90 Å². The maximum atomic E-state index is 10.5. The summed E-state index contributed by atoms with van der Waals surface area (Å²) in [6.07, 6.45) is -0.0915. The Morgan fingerprint density at radius 1 is 1.38 bits per heavy atom. The molecule has 0 aliphatic heterocycles. The largest absolute Gasteiger partial charge is 0.508 e. The van der Waals surface area contributed by atoms with Crippen LogP contribution < -0.4 is 0 Å². The molecule has 5 nitrogen and oxygen atoms in total. The first-order chi connectivity index (χ1) is 7.65. The fraction of sp³-hybridized carbons (Fsp3) is 0.0909. The Morgan fingerprint density at radius 2 is 2.19 bits per heavy atom. The number of hydrogen-bond donors (Lipinski definition) is 3. The lowest BCUT2D eigenvalue weighted by Crippen LogP contribution is -1.99. The second-order valence-electron chi connectivity index (χ2n) is 3.40. The van der Waals surface area contributed by atoms with E-state index in [4.69, 9.17) is 5.11 Å². The third-order valence-electron chi connectivity index (χ3n) is 2.11. The summed E-state index contributed by atoms with van der Waals surface area (Å²) >= 11 is 0. The van der Waals surface area contributed by atoms with Crippen LogP contribution in [0.3, 0.4) is 0 Å². The van der Waals surface area contributed by atoms with Crippen molar-refractivity contribution < 1.29 is 15.0 Å². The van der Waals surface area contributed by atoms with Crippen molar-refractivity contribution in [2.45, 2.75) is 6.42 Å². The average Bonchev–Trinajstić information content (AvgIpc) is 2.65. The number of hydrogen-bond acceptors (Lipinski definition) is 3. The summed E-state index contributed by atoms with van der Waals surface area (Å²) in [4.78, 5) is 10.5. The Hall–Kier alpha value is -2.30. The summed E-state index contributed by atoms with van der Waals surface area (Å²) in [5.41, 5.74) is 1.89. The van der Waals surface area contributed by atoms with Crippen LogP contribution in [0.25, 0.3) is 11.3 Å². The number of aromatic amines is 1. The minimum absolute atomic E-state index is 0.0915. The molecule has 0 saturated carbocycles. The number of aromatic hydroxyl groups is 1. The lowest BCUT2D eigenvalue weighted by atomic mass is 10.1. The van der Waals surface area contributed by atoms with E-state index in [0.29, 0.717) is 11.4 Å². The van der Waals surface area contributed by atoms with Crippen LogP contribution in [0.1, 0.15) is 5.69 Å². The Kier molecular flexibility index (Phi) is 2.59. The number of aliphatic carboxylic acids is 1. The third kappa shape index (κ3) is 2.20. The van der Waals surface area contributed by atoms with E-state index in [1.807, 2.05) is 0 Å². The molecule has 2 aromatic rings. The second-order valence-corrected chi connectivity index (χ2v) is 3.40. The van der Waals surface area contributed by atoms with Crippen molar-refractivity contribution in [1.82, 2.24) is 10.2 Å². The van der Waals surface area contributed by atoms with Crippen molar-refractivity contribution in [3.05, 3.63) is 36.0 Å². The first kappa shape index (κ1) is 10.2. The molecule has 5 heteroatoms. The van der Waals surface area contributed by atoms with Gasteiger partial charge in [0.25, 0.3) is 0 Å². The molecule has 1 heterocycles. The highest BCUT2D eigenvalue weighted by atomic mass is 16.4. The molecule has 0 bridgehead atoms. The van der Waals surface area contributed by atoms with Gasteiger partial charge in [-0.3, -0.25) is 9.89 Å². The molecule has 0 aliphatic rings. The molecule has 0 aliphatic carbocycles. The highest BCUT2D eigenvalue weighted by Gasteiger charge is 2.07. The number of phenols is 1. The van der Waals surface area contributed by atoms with Gasteiger partial charge in [-0.05, 0) is 18.2 Å². The number of benzene rings is 1. The average molecular weight is 218 g/mol. The number of carbonyl (C=O) groups is 1. The molecule has 82 valence electrons. The summed E-state index contributed by atoms with van der Waals surface area (Å²) in [7, 11) is 0. The van der Waals surface area contributed by atoms with Gasteiger partial charge in [-0.2, -0.15) is 5.10 Å². The standard InChI is InChI=1S/C11H10N2O3/c14-9-3-1-2-7(4-9)10-5-8(12-13-10)6-11(15)16/h1-5,14H,6H2,(H,12,13)(H,15,16). The fourth-order valence-electron chi connectivity index (χ4n) is 1.43. The molecule has 0 unspecified atom stereocenters. The summed E-state index contributed by atoms with van der Waals surface area (Å²) in [6.45, 7) is 0. The van der Waals surface area contributed by atoms with Crippen molar-refractivity contribution >= 4 is 5.97 Å². The Morgan fingerprint density at radius 3 is 2.88 bits per heavy atom. The number of nitrogens with one attached hydrogen (secondary N) is 1. The van der Waals surface area contributed by atoms with E-state index in [1.54, 1.807) is 30.3 Å². The number of nitrogens with zero attached hydrogens (tertiary/aromatic N) is 1. The van der Waals surface area contributed by atoms with Crippen molar-refractivity contribution in [3.63, 3.8) is 0 Å². The molecule has 1 aromatic carbocycles. The van der Waals surface area contributed by atoms with E-state index in [1.165, 1.54) is 0 Å². The molecule has 2 rings (SSSR count). The molecule has 0 fully saturated rings. The molecule has 1 aromatic heterocycles. The Balaban J connectivity index is 2.28. The van der Waals surface area contributed by atoms with Gasteiger partial charge in [-0.25, -0.2) is 0 Å².